The smallest absolute Gasteiger partial charge is 0.407 e. The van der Waals surface area contributed by atoms with Gasteiger partial charge in [-0.3, -0.25) is 14.5 Å². The minimum atomic E-state index is -0.794. The molecule has 0 aliphatic carbocycles. The van der Waals surface area contributed by atoms with Crippen LogP contribution in [-0.2, 0) is 19.7 Å². The minimum Gasteiger partial charge on any atom is -0.506 e. The number of rotatable bonds is 21. The number of likely N-dealkylation sites (N-methyl/N-ethyl adjacent to an activating group) is 1. The summed E-state index contributed by atoms with van der Waals surface area (Å²) in [4.78, 5) is 51.7. The molecule has 12 nitrogen and oxygen atoms in total. The molecule has 3 aromatic rings. The van der Waals surface area contributed by atoms with Crippen LogP contribution in [-0.4, -0.2) is 85.4 Å². The van der Waals surface area contributed by atoms with Crippen molar-refractivity contribution in [2.45, 2.75) is 94.1 Å². The molecule has 3 rings (SSSR count). The van der Waals surface area contributed by atoms with E-state index >= 15 is 0 Å². The number of carbonyl (C=O) groups is 3. The molecule has 2 amide bonds. The van der Waals surface area contributed by atoms with Gasteiger partial charge in [0, 0.05) is 29.6 Å². The summed E-state index contributed by atoms with van der Waals surface area (Å²) < 4.78 is 16.5. The third-order valence-corrected chi connectivity index (χ3v) is 10.0. The Kier molecular flexibility index (Phi) is 18.0. The van der Waals surface area contributed by atoms with E-state index in [1.807, 2.05) is 64.1 Å². The second kappa shape index (κ2) is 22.1. The monoisotopic (exact) mass is 779 g/mol. The number of aromatic hydroxyl groups is 1. The highest BCUT2D eigenvalue weighted by atomic mass is 32.2. The predicted molar refractivity (Wildman–Crippen MR) is 215 cm³/mol. The number of nitrogens with zero attached hydrogens (tertiary/aromatic N) is 1. The van der Waals surface area contributed by atoms with E-state index in [0.717, 1.165) is 47.9 Å². The lowest BCUT2D eigenvalue weighted by molar-refractivity contribution is -0.126. The number of ketones is 1. The van der Waals surface area contributed by atoms with Crippen molar-refractivity contribution in [3.63, 3.8) is 0 Å². The Bertz CT molecular complexity index is 1790. The highest BCUT2D eigenvalue weighted by Crippen LogP contribution is 2.41. The van der Waals surface area contributed by atoms with Gasteiger partial charge in [-0.1, -0.05) is 94.8 Å². The van der Waals surface area contributed by atoms with Crippen molar-refractivity contribution < 1.29 is 38.5 Å². The van der Waals surface area contributed by atoms with Crippen molar-refractivity contribution in [2.24, 2.45) is 5.92 Å². The normalized spacial score (nSPS) is 13.3. The molecular weight excluding hydrogens is 723 g/mol. The molecule has 0 saturated carbocycles. The summed E-state index contributed by atoms with van der Waals surface area (Å²) in [5.74, 6) is 0.164. The number of unbranched alkanes of at least 4 members (excludes halogenated alkanes) is 3. The lowest BCUT2D eigenvalue weighted by atomic mass is 9.87. The van der Waals surface area contributed by atoms with Gasteiger partial charge in [-0.2, -0.15) is 0 Å². The van der Waals surface area contributed by atoms with Crippen LogP contribution in [0.4, 0.5) is 4.79 Å². The fourth-order valence-corrected chi connectivity index (χ4v) is 6.95. The molecule has 4 N–H and O–H groups in total. The van der Waals surface area contributed by atoms with E-state index in [9.17, 15) is 29.4 Å². The van der Waals surface area contributed by atoms with Crippen LogP contribution in [0.15, 0.2) is 85.8 Å². The Labute approximate surface area is 328 Å². The second-order valence-corrected chi connectivity index (χ2v) is 15.8. The number of carbonyl (C=O) groups excluding carboxylic acids is 3. The zero-order valence-electron chi connectivity index (χ0n) is 33.1. The van der Waals surface area contributed by atoms with E-state index in [1.54, 1.807) is 43.3 Å². The van der Waals surface area contributed by atoms with Crippen LogP contribution in [0.5, 0.6) is 11.5 Å². The van der Waals surface area contributed by atoms with Crippen molar-refractivity contribution in [3.8, 4) is 22.8 Å². The van der Waals surface area contributed by atoms with E-state index in [4.69, 9.17) is 13.9 Å². The molecule has 0 fully saturated rings. The van der Waals surface area contributed by atoms with Crippen LogP contribution in [0.1, 0.15) is 72.3 Å². The van der Waals surface area contributed by atoms with Gasteiger partial charge < -0.3 is 34.7 Å². The number of Topliss-reactive ketones (excluding diaryl/α,β-unsaturated/α-hetero) is 1. The molecule has 0 radical (unpaired) electrons. The minimum absolute atomic E-state index is 0.0853. The summed E-state index contributed by atoms with van der Waals surface area (Å²) >= 11 is 1.13. The Morgan fingerprint density at radius 3 is 2.25 bits per heavy atom. The van der Waals surface area contributed by atoms with E-state index in [-0.39, 0.29) is 52.6 Å². The molecule has 0 aliphatic rings. The van der Waals surface area contributed by atoms with Crippen LogP contribution in [0, 0.1) is 5.92 Å². The molecule has 0 saturated heterocycles. The van der Waals surface area contributed by atoms with Crippen LogP contribution in [0.3, 0.4) is 0 Å². The largest absolute Gasteiger partial charge is 0.506 e. The fraction of sp³-hybridized carbons (Fsp3) is 0.476. The van der Waals surface area contributed by atoms with E-state index in [2.05, 4.69) is 10.6 Å². The number of allylic oxidation sites excluding steroid dienone is 1. The quantitative estimate of drug-likeness (QED) is 0.0671. The maximum absolute atomic E-state index is 12.9. The number of benzene rings is 2. The average Bonchev–Trinajstić information content (AvgIpc) is 3.12. The molecule has 300 valence electrons. The van der Waals surface area contributed by atoms with Crippen molar-refractivity contribution in [1.82, 2.24) is 15.5 Å². The molecule has 13 heteroatoms. The number of ether oxygens (including phenoxy) is 2. The van der Waals surface area contributed by atoms with Crippen LogP contribution in [0.2, 0.25) is 0 Å². The van der Waals surface area contributed by atoms with Crippen molar-refractivity contribution in [2.75, 3.05) is 40.4 Å². The zero-order valence-corrected chi connectivity index (χ0v) is 33.9. The predicted octanol–water partition coefficient (Wildman–Crippen LogP) is 6.71. The van der Waals surface area contributed by atoms with Gasteiger partial charge in [-0.05, 0) is 75.4 Å². The van der Waals surface area contributed by atoms with Crippen molar-refractivity contribution in [1.29, 1.82) is 0 Å². The number of hydrogen-bond donors (Lipinski definition) is 4. The molecule has 0 spiro atoms. The van der Waals surface area contributed by atoms with Gasteiger partial charge in [-0.15, -0.1) is 0 Å². The molecule has 0 aliphatic heterocycles. The van der Waals surface area contributed by atoms with E-state index in [0.29, 0.717) is 30.8 Å². The van der Waals surface area contributed by atoms with E-state index < -0.39 is 23.9 Å². The lowest BCUT2D eigenvalue weighted by Gasteiger charge is -2.30. The molecular formula is C42H57N3O9S. The van der Waals surface area contributed by atoms with Gasteiger partial charge in [0.2, 0.25) is 0 Å². The summed E-state index contributed by atoms with van der Waals surface area (Å²) in [7, 11) is 3.53. The Morgan fingerprint density at radius 2 is 1.64 bits per heavy atom. The van der Waals surface area contributed by atoms with Crippen molar-refractivity contribution in [3.05, 3.63) is 82.7 Å². The average molecular weight is 780 g/mol. The maximum atomic E-state index is 12.9. The number of alkyl carbamates (subject to hydrolysis) is 1. The van der Waals surface area contributed by atoms with Gasteiger partial charge >= 0.3 is 11.7 Å². The molecule has 3 unspecified atom stereocenters. The summed E-state index contributed by atoms with van der Waals surface area (Å²) in [5, 5.41) is 26.9. The summed E-state index contributed by atoms with van der Waals surface area (Å²) in [6.45, 7) is 10.4. The van der Waals surface area contributed by atoms with Gasteiger partial charge in [0.1, 0.15) is 34.5 Å². The van der Waals surface area contributed by atoms with Crippen LogP contribution in [0.25, 0.3) is 11.3 Å². The fourth-order valence-electron chi connectivity index (χ4n) is 5.83. The number of amides is 2. The van der Waals surface area contributed by atoms with Gasteiger partial charge in [0.05, 0.1) is 12.1 Å². The van der Waals surface area contributed by atoms with E-state index in [1.165, 1.54) is 13.0 Å². The molecule has 0 bridgehead atoms. The molecule has 55 heavy (non-hydrogen) atoms. The first-order valence-corrected chi connectivity index (χ1v) is 19.4. The Morgan fingerprint density at radius 1 is 0.964 bits per heavy atom. The molecule has 3 atom stereocenters. The Balaban J connectivity index is 1.33. The van der Waals surface area contributed by atoms with Crippen molar-refractivity contribution >= 4 is 29.5 Å². The highest BCUT2D eigenvalue weighted by molar-refractivity contribution is 7.99. The van der Waals surface area contributed by atoms with Crippen LogP contribution >= 0.6 is 11.8 Å². The Hall–Kier alpha value is -4.59. The maximum Gasteiger partial charge on any atom is 0.407 e. The topological polar surface area (TPSA) is 168 Å². The first-order chi connectivity index (χ1) is 26.1. The number of nitrogens with one attached hydrogen (secondary N) is 2. The molecule has 1 aromatic heterocycles. The molecule has 2 aromatic carbocycles. The lowest BCUT2D eigenvalue weighted by Crippen LogP contribution is -2.47. The summed E-state index contributed by atoms with van der Waals surface area (Å²) in [6.07, 6.45) is 6.11. The highest BCUT2D eigenvalue weighted by Gasteiger charge is 2.29. The SMILES string of the molecule is CC(=O)C(C(O)C(C)C/C=C/COC(=O)NCCCCCCNC(=O)COc1ccc(Sc2c(O)cc(-c3ccccc3)oc2=O)c(C(C)(C)C)c1)N(C)C. The van der Waals surface area contributed by atoms with Gasteiger partial charge in [0.25, 0.3) is 5.91 Å². The third kappa shape index (κ3) is 14.9. The number of aliphatic hydroxyl groups is 1. The number of aliphatic hydroxyl groups excluding tert-OH is 1. The summed E-state index contributed by atoms with van der Waals surface area (Å²) in [6, 6.07) is 15.4. The van der Waals surface area contributed by atoms with Gasteiger partial charge in [0.15, 0.2) is 6.61 Å². The standard InChI is InChI=1S/C42H57N3O9S/c1-28(38(49)37(29(2)46)45(6)7)17-13-16-24-52-41(51)44-23-15-9-8-14-22-43-36(48)27-53-31-20-21-35(32(25-31)42(3,4)5)55-39-33(47)26-34(54-40(39)50)30-18-11-10-12-19-30/h10-13,16,18-21,25-26,28,37-38,47,49H,8-9,14-15,17,22-24,27H2,1-7H3,(H,43,48)(H,44,51)/b16-13+. The van der Waals surface area contributed by atoms with Gasteiger partial charge in [-0.25, -0.2) is 9.59 Å². The first-order valence-electron chi connectivity index (χ1n) is 18.6. The zero-order chi connectivity index (χ0) is 40.5. The summed E-state index contributed by atoms with van der Waals surface area (Å²) in [5.41, 5.74) is 0.594. The first kappa shape index (κ1) is 44.8. The third-order valence-electron chi connectivity index (χ3n) is 8.85. The number of hydrogen-bond acceptors (Lipinski definition) is 11. The van der Waals surface area contributed by atoms with Crippen LogP contribution < -0.4 is 21.0 Å². The second-order valence-electron chi connectivity index (χ2n) is 14.8. The molecule has 1 heterocycles.